The summed E-state index contributed by atoms with van der Waals surface area (Å²) < 4.78 is 5.41. The van der Waals surface area contributed by atoms with E-state index >= 15 is 0 Å². The van der Waals surface area contributed by atoms with Gasteiger partial charge in [-0.2, -0.15) is 0 Å². The molecule has 1 fully saturated rings. The van der Waals surface area contributed by atoms with Crippen molar-refractivity contribution in [1.29, 1.82) is 0 Å². The Bertz CT molecular complexity index is 2820. The minimum atomic E-state index is -0.886. The molecule has 1 aliphatic heterocycles. The van der Waals surface area contributed by atoms with Crippen molar-refractivity contribution >= 4 is 46.8 Å². The number of carbonyl (C=O) groups excluding carboxylic acids is 6. The molecule has 0 radical (unpaired) electrons. The van der Waals surface area contributed by atoms with Crippen LogP contribution in [-0.2, 0) is 20.8 Å². The maximum absolute atomic E-state index is 14.1. The molecule has 0 bridgehead atoms. The lowest BCUT2D eigenvalue weighted by Crippen LogP contribution is -2.57. The monoisotopic (exact) mass is 1030 g/mol. The number of likely N-dealkylation sites (tertiary alicyclic amines) is 1. The number of aliphatic hydroxyl groups is 1. The number of benzene rings is 3. The lowest BCUT2D eigenvalue weighted by atomic mass is 9.85. The molecule has 0 spiro atoms. The number of hydrogen-bond acceptors (Lipinski definition) is 12. The van der Waals surface area contributed by atoms with Gasteiger partial charge in [0.2, 0.25) is 17.7 Å². The van der Waals surface area contributed by atoms with Gasteiger partial charge in [-0.25, -0.2) is 4.98 Å². The number of aromatic hydroxyl groups is 1. The molecule has 1 aliphatic carbocycles. The highest BCUT2D eigenvalue weighted by Gasteiger charge is 2.44. The number of amides is 6. The molecular weight excluding hydrogens is 961 g/mol. The van der Waals surface area contributed by atoms with E-state index in [-0.39, 0.29) is 83.8 Å². The van der Waals surface area contributed by atoms with Crippen molar-refractivity contribution in [2.24, 2.45) is 5.41 Å². The maximum atomic E-state index is 14.1. The first-order valence-electron chi connectivity index (χ1n) is 25.6. The summed E-state index contributed by atoms with van der Waals surface area (Å²) in [7, 11) is 3.18. The van der Waals surface area contributed by atoms with Crippen molar-refractivity contribution in [3.8, 4) is 27.5 Å². The Hall–Kier alpha value is -6.92. The molecule has 17 nitrogen and oxygen atoms in total. The Morgan fingerprint density at radius 1 is 0.878 bits per heavy atom. The zero-order chi connectivity index (χ0) is 53.3. The molecule has 394 valence electrons. The number of β-amino-alcohol motifs (C(OH)–C–C–N with tert-alkyl or cyclic N) is 1. The maximum Gasteiger partial charge on any atom is 0.273 e. The highest BCUT2D eigenvalue weighted by Crippen LogP contribution is 2.34. The average molecular weight is 1030 g/mol. The number of rotatable bonds is 21. The number of phenolic OH excluding ortho intramolecular Hbond substituents is 1. The van der Waals surface area contributed by atoms with Crippen LogP contribution in [0.5, 0.6) is 5.75 Å². The number of thiazole rings is 1. The molecule has 5 atom stereocenters. The van der Waals surface area contributed by atoms with Gasteiger partial charge in [-0.05, 0) is 91.5 Å². The van der Waals surface area contributed by atoms with Crippen LogP contribution in [0.2, 0.25) is 0 Å². The van der Waals surface area contributed by atoms with Gasteiger partial charge in [0.1, 0.15) is 17.8 Å². The lowest BCUT2D eigenvalue weighted by Gasteiger charge is -2.35. The number of nitrogens with one attached hydrogen (secondary N) is 4. The van der Waals surface area contributed by atoms with E-state index in [1.54, 1.807) is 37.6 Å². The summed E-state index contributed by atoms with van der Waals surface area (Å²) in [6, 6.07) is 17.1. The van der Waals surface area contributed by atoms with Crippen molar-refractivity contribution in [3.05, 3.63) is 111 Å². The fraction of sp³-hybridized carbons (Fsp3) is 0.464. The van der Waals surface area contributed by atoms with Crippen LogP contribution in [-0.4, -0.2) is 111 Å². The SMILES string of the molecule is Cc1ncsc1-c1ccc([C@H](C)NC(=O)[C@@H]2C[C@@H](O)CN2C(=O)[C@@H](NC(=O)CCCCCCCCCNC(=O)c2ccc3c(c2)[C@H](NC(=O)c2cc(-c4ccc(C(=O)N(C)C)c(O)c4)on2)CC3)C(C)(C)C)cc1. The van der Waals surface area contributed by atoms with Gasteiger partial charge in [0.05, 0.1) is 39.8 Å². The first-order valence-corrected chi connectivity index (χ1v) is 26.5. The second-order valence-electron chi connectivity index (χ2n) is 20.8. The third-order valence-electron chi connectivity index (χ3n) is 13.9. The Balaban J connectivity index is 0.785. The number of carbonyl (C=O) groups is 6. The lowest BCUT2D eigenvalue weighted by molar-refractivity contribution is -0.144. The molecule has 74 heavy (non-hydrogen) atoms. The average Bonchev–Trinajstić information content (AvgIpc) is 4.20. The van der Waals surface area contributed by atoms with Crippen molar-refractivity contribution in [2.75, 3.05) is 27.2 Å². The van der Waals surface area contributed by atoms with Crippen LogP contribution in [0.25, 0.3) is 21.8 Å². The molecular formula is C56H70N8O9S. The Morgan fingerprint density at radius 2 is 1.58 bits per heavy atom. The van der Waals surface area contributed by atoms with Gasteiger partial charge < -0.3 is 45.8 Å². The molecule has 3 heterocycles. The highest BCUT2D eigenvalue weighted by molar-refractivity contribution is 7.13. The summed E-state index contributed by atoms with van der Waals surface area (Å²) in [6.07, 6.45) is 7.11. The molecule has 2 aliphatic rings. The third kappa shape index (κ3) is 13.6. The molecule has 2 aromatic heterocycles. The highest BCUT2D eigenvalue weighted by atomic mass is 32.1. The normalized spacial score (nSPS) is 17.0. The van der Waals surface area contributed by atoms with E-state index in [4.69, 9.17) is 4.52 Å². The van der Waals surface area contributed by atoms with Crippen LogP contribution < -0.4 is 21.3 Å². The summed E-state index contributed by atoms with van der Waals surface area (Å²) >= 11 is 1.58. The van der Waals surface area contributed by atoms with Crippen LogP contribution in [0, 0.1) is 12.3 Å². The molecule has 1 saturated heterocycles. The summed E-state index contributed by atoms with van der Waals surface area (Å²) in [4.78, 5) is 88.0. The van der Waals surface area contributed by atoms with Gasteiger partial charge in [-0.3, -0.25) is 28.8 Å². The zero-order valence-corrected chi connectivity index (χ0v) is 44.3. The van der Waals surface area contributed by atoms with E-state index in [2.05, 4.69) is 31.4 Å². The van der Waals surface area contributed by atoms with E-state index in [9.17, 15) is 39.0 Å². The second-order valence-corrected chi connectivity index (χ2v) is 21.7. The van der Waals surface area contributed by atoms with E-state index in [1.165, 1.54) is 28.0 Å². The fourth-order valence-electron chi connectivity index (χ4n) is 9.60. The third-order valence-corrected chi connectivity index (χ3v) is 14.9. The van der Waals surface area contributed by atoms with Crippen molar-refractivity contribution < 1.29 is 43.5 Å². The Morgan fingerprint density at radius 3 is 2.26 bits per heavy atom. The molecule has 7 rings (SSSR count). The Labute approximate surface area is 436 Å². The minimum Gasteiger partial charge on any atom is -0.507 e. The van der Waals surface area contributed by atoms with Gasteiger partial charge in [0, 0.05) is 57.2 Å². The quantitative estimate of drug-likeness (QED) is 0.0388. The number of aromatic nitrogens is 2. The number of phenols is 1. The summed E-state index contributed by atoms with van der Waals surface area (Å²) in [6.45, 7) is 10.0. The molecule has 0 unspecified atom stereocenters. The van der Waals surface area contributed by atoms with Gasteiger partial charge in [0.25, 0.3) is 17.7 Å². The van der Waals surface area contributed by atoms with Gasteiger partial charge in [-0.15, -0.1) is 11.3 Å². The molecule has 3 aromatic carbocycles. The number of aryl methyl sites for hydroxylation is 2. The first kappa shape index (κ1) is 54.8. The molecule has 6 amide bonds. The molecule has 5 aromatic rings. The van der Waals surface area contributed by atoms with E-state index in [0.717, 1.165) is 77.8 Å². The van der Waals surface area contributed by atoms with Crippen molar-refractivity contribution in [2.45, 2.75) is 136 Å². The number of nitrogens with zero attached hydrogens (tertiary/aromatic N) is 4. The smallest absolute Gasteiger partial charge is 0.273 e. The number of hydrogen-bond donors (Lipinski definition) is 6. The van der Waals surface area contributed by atoms with Crippen LogP contribution >= 0.6 is 11.3 Å². The summed E-state index contributed by atoms with van der Waals surface area (Å²) in [5, 5.41) is 37.1. The van der Waals surface area contributed by atoms with Gasteiger partial charge >= 0.3 is 0 Å². The van der Waals surface area contributed by atoms with Crippen LogP contribution in [0.4, 0.5) is 0 Å². The minimum absolute atomic E-state index is 0.00665. The van der Waals surface area contributed by atoms with Gasteiger partial charge in [0.15, 0.2) is 11.5 Å². The van der Waals surface area contributed by atoms with E-state index in [0.29, 0.717) is 30.5 Å². The standard InChI is InChI=1S/C56H70N8O9S/c1-33(35-16-19-37(20-17-35)49-34(2)58-32-74-49)59-53(70)45-29-40(65)31-64(45)55(72)50(56(3,4)5)61-48(67)15-13-11-9-8-10-12-14-26-57-51(68)39-21-18-36-23-25-43(42(36)27-39)60-52(69)44-30-47(73-62-44)38-22-24-41(46(66)28-38)54(71)63(6)7/h16-22,24,27-28,30,32-33,40,43,45,50,65-66H,8-15,23,25-26,29,31H2,1-7H3,(H,57,68)(H,59,70)(H,60,69)(H,61,67)/t33-,40+,43+,45-,50+/m0/s1. The molecule has 18 heteroatoms. The molecule has 0 saturated carbocycles. The van der Waals surface area contributed by atoms with Crippen molar-refractivity contribution in [3.63, 3.8) is 0 Å². The zero-order valence-electron chi connectivity index (χ0n) is 43.5. The first-order chi connectivity index (χ1) is 35.3. The molecule has 6 N–H and O–H groups in total. The number of unbranched alkanes of at least 4 members (excludes halogenated alkanes) is 6. The van der Waals surface area contributed by atoms with E-state index in [1.807, 2.05) is 76.5 Å². The fourth-order valence-corrected chi connectivity index (χ4v) is 10.4. The topological polar surface area (TPSA) is 236 Å². The van der Waals surface area contributed by atoms with Crippen LogP contribution in [0.3, 0.4) is 0 Å². The predicted molar refractivity (Wildman–Crippen MR) is 282 cm³/mol. The number of fused-ring (bicyclic) bond motifs is 1. The second kappa shape index (κ2) is 24.4. The van der Waals surface area contributed by atoms with Crippen LogP contribution in [0.1, 0.15) is 158 Å². The van der Waals surface area contributed by atoms with Gasteiger partial charge in [-0.1, -0.05) is 94.4 Å². The Kier molecular flexibility index (Phi) is 18.1. The largest absolute Gasteiger partial charge is 0.507 e. The van der Waals surface area contributed by atoms with Crippen molar-refractivity contribution in [1.82, 2.24) is 41.2 Å². The predicted octanol–water partition coefficient (Wildman–Crippen LogP) is 7.82. The van der Waals surface area contributed by atoms with Crippen LogP contribution in [0.15, 0.2) is 76.8 Å². The van der Waals surface area contributed by atoms with E-state index < -0.39 is 29.5 Å². The summed E-state index contributed by atoms with van der Waals surface area (Å²) in [5.74, 6) is -1.90. The summed E-state index contributed by atoms with van der Waals surface area (Å²) in [5.41, 5.74) is 7.20. The number of aliphatic hydroxyl groups excluding tert-OH is 1.